The third kappa shape index (κ3) is 40.6. The highest BCUT2D eigenvalue weighted by Gasteiger charge is 1.80. The van der Waals surface area contributed by atoms with Gasteiger partial charge in [0.2, 0.25) is 0 Å². The maximum absolute atomic E-state index is 5.01. The minimum atomic E-state index is 0.622. The van der Waals surface area contributed by atoms with Crippen LogP contribution in [0.15, 0.2) is 0 Å². The fourth-order valence-corrected chi connectivity index (χ4v) is 0.795. The third-order valence-electron chi connectivity index (χ3n) is 1.53. The van der Waals surface area contributed by atoms with E-state index >= 15 is 0 Å². The molecule has 2 heteroatoms. The molecular weight excluding hydrogens is 174 g/mol. The number of rotatable bonds is 6. The highest BCUT2D eigenvalue weighted by Crippen LogP contribution is 2.00. The Hall–Kier alpha value is -0.0800. The van der Waals surface area contributed by atoms with Crippen molar-refractivity contribution in [3.8, 4) is 0 Å². The van der Waals surface area contributed by atoms with Crippen LogP contribution < -0.4 is 5.73 Å². The first kappa shape index (κ1) is 19.5. The predicted molar refractivity (Wildman–Crippen MR) is 66.7 cm³/mol. The lowest BCUT2D eigenvalue weighted by atomic mass is 10.2. The van der Waals surface area contributed by atoms with Gasteiger partial charge in [0.05, 0.1) is 6.61 Å². The van der Waals surface area contributed by atoms with Crippen molar-refractivity contribution in [2.75, 3.05) is 20.3 Å². The van der Waals surface area contributed by atoms with Gasteiger partial charge in [-0.15, -0.1) is 0 Å². The predicted octanol–water partition coefficient (Wildman–Crippen LogP) is 3.59. The van der Waals surface area contributed by atoms with Crippen LogP contribution in [-0.4, -0.2) is 20.3 Å². The largest absolute Gasteiger partial charge is 0.383 e. The Morgan fingerprint density at radius 3 is 1.50 bits per heavy atom. The van der Waals surface area contributed by atoms with E-state index in [4.69, 9.17) is 5.73 Å². The molecule has 2 N–H and O–H groups in total. The fraction of sp³-hybridized carbons (Fsp3) is 1.00. The Labute approximate surface area is 91.2 Å². The normalized spacial score (nSPS) is 8.14. The van der Waals surface area contributed by atoms with Gasteiger partial charge in [-0.25, -0.2) is 0 Å². The molecule has 0 aliphatic rings. The van der Waals surface area contributed by atoms with Gasteiger partial charge in [-0.1, -0.05) is 59.8 Å². The molecule has 0 unspecified atom stereocenters. The molecule has 0 aromatic rings. The summed E-state index contributed by atoms with van der Waals surface area (Å²) in [6.07, 6.45) is 7.01. The van der Waals surface area contributed by atoms with Crippen molar-refractivity contribution in [2.24, 2.45) is 5.73 Å². The quantitative estimate of drug-likeness (QED) is 0.672. The van der Waals surface area contributed by atoms with E-state index in [1.807, 2.05) is 13.8 Å². The molecule has 0 rings (SSSR count). The minimum Gasteiger partial charge on any atom is -0.383 e. The Bertz CT molecular complexity index is 52.3. The molecule has 0 bridgehead atoms. The summed E-state index contributed by atoms with van der Waals surface area (Å²) in [7, 11) is 1.63. The van der Waals surface area contributed by atoms with Crippen LogP contribution in [-0.2, 0) is 4.74 Å². The van der Waals surface area contributed by atoms with Crippen LogP contribution in [0.3, 0.4) is 0 Å². The van der Waals surface area contributed by atoms with E-state index in [9.17, 15) is 0 Å². The van der Waals surface area contributed by atoms with Crippen molar-refractivity contribution < 1.29 is 4.74 Å². The zero-order valence-electron chi connectivity index (χ0n) is 10.9. The summed E-state index contributed by atoms with van der Waals surface area (Å²) in [5, 5.41) is 0. The lowest BCUT2D eigenvalue weighted by Gasteiger charge is -1.90. The van der Waals surface area contributed by atoms with Crippen molar-refractivity contribution in [1.29, 1.82) is 0 Å². The number of hydrogen-bond donors (Lipinski definition) is 1. The van der Waals surface area contributed by atoms with Crippen molar-refractivity contribution in [3.63, 3.8) is 0 Å². The van der Waals surface area contributed by atoms with Crippen LogP contribution in [0.2, 0.25) is 0 Å². The topological polar surface area (TPSA) is 35.2 Å². The van der Waals surface area contributed by atoms with Gasteiger partial charge in [0.1, 0.15) is 0 Å². The van der Waals surface area contributed by atoms with E-state index in [1.165, 1.54) is 32.1 Å². The van der Waals surface area contributed by atoms with Gasteiger partial charge >= 0.3 is 0 Å². The maximum atomic E-state index is 5.01. The SMILES string of the molecule is CC.CCCCCCC.COCCN. The highest BCUT2D eigenvalue weighted by molar-refractivity contribution is 4.35. The van der Waals surface area contributed by atoms with E-state index in [2.05, 4.69) is 18.6 Å². The molecule has 2 nitrogen and oxygen atoms in total. The lowest BCUT2D eigenvalue weighted by molar-refractivity contribution is 0.207. The Morgan fingerprint density at radius 2 is 1.36 bits per heavy atom. The van der Waals surface area contributed by atoms with Gasteiger partial charge < -0.3 is 10.5 Å². The highest BCUT2D eigenvalue weighted by atomic mass is 16.5. The molecule has 0 spiro atoms. The molecule has 0 fully saturated rings. The molecular formula is C12H31NO. The summed E-state index contributed by atoms with van der Waals surface area (Å²) in [6.45, 7) is 9.78. The van der Waals surface area contributed by atoms with Gasteiger partial charge in [0, 0.05) is 13.7 Å². The molecule has 0 heterocycles. The molecule has 0 atom stereocenters. The van der Waals surface area contributed by atoms with E-state index in [-0.39, 0.29) is 0 Å². The Morgan fingerprint density at radius 1 is 0.929 bits per heavy atom. The minimum absolute atomic E-state index is 0.622. The van der Waals surface area contributed by atoms with Crippen LogP contribution in [0.4, 0.5) is 0 Å². The van der Waals surface area contributed by atoms with E-state index in [0.717, 1.165) is 0 Å². The molecule has 0 saturated heterocycles. The van der Waals surface area contributed by atoms with Crippen LogP contribution in [0.25, 0.3) is 0 Å². The molecule has 0 aliphatic carbocycles. The molecule has 14 heavy (non-hydrogen) atoms. The molecule has 0 amide bonds. The Balaban J connectivity index is -0.000000152. The lowest BCUT2D eigenvalue weighted by Crippen LogP contribution is -2.05. The monoisotopic (exact) mass is 205 g/mol. The summed E-state index contributed by atoms with van der Waals surface area (Å²) >= 11 is 0. The van der Waals surface area contributed by atoms with E-state index in [0.29, 0.717) is 13.2 Å². The summed E-state index contributed by atoms with van der Waals surface area (Å²) in [5.74, 6) is 0. The number of ether oxygens (including phenoxy) is 1. The molecule has 0 aromatic carbocycles. The summed E-state index contributed by atoms with van der Waals surface area (Å²) in [4.78, 5) is 0. The third-order valence-corrected chi connectivity index (χ3v) is 1.53. The van der Waals surface area contributed by atoms with Gasteiger partial charge in [0.25, 0.3) is 0 Å². The summed E-state index contributed by atoms with van der Waals surface area (Å²) in [5.41, 5.74) is 5.01. The second kappa shape index (κ2) is 29.3. The van der Waals surface area contributed by atoms with Crippen LogP contribution in [0, 0.1) is 0 Å². The van der Waals surface area contributed by atoms with Gasteiger partial charge in [0.15, 0.2) is 0 Å². The smallest absolute Gasteiger partial charge is 0.0584 e. The van der Waals surface area contributed by atoms with Crippen molar-refractivity contribution in [2.45, 2.75) is 59.8 Å². The standard InChI is InChI=1S/C7H16.C3H9NO.C2H6/c1-3-5-7-6-4-2;1-5-3-2-4;1-2/h3-7H2,1-2H3;2-4H2,1H3;1-2H3. The second-order valence-electron chi connectivity index (χ2n) is 2.84. The fourth-order valence-electron chi connectivity index (χ4n) is 0.795. The first-order valence-corrected chi connectivity index (χ1v) is 6.02. The number of hydrogen-bond acceptors (Lipinski definition) is 2. The van der Waals surface area contributed by atoms with Gasteiger partial charge in [-0.05, 0) is 0 Å². The summed E-state index contributed by atoms with van der Waals surface area (Å²) in [6, 6.07) is 0. The zero-order chi connectivity index (χ0) is 11.7. The Kier molecular flexibility index (Phi) is 40.7. The molecule has 0 radical (unpaired) electrons. The van der Waals surface area contributed by atoms with E-state index < -0.39 is 0 Å². The van der Waals surface area contributed by atoms with Gasteiger partial charge in [-0.3, -0.25) is 0 Å². The summed E-state index contributed by atoms with van der Waals surface area (Å²) < 4.78 is 4.57. The molecule has 0 aromatic heterocycles. The first-order chi connectivity index (χ1) is 6.83. The molecule has 90 valence electrons. The van der Waals surface area contributed by atoms with E-state index in [1.54, 1.807) is 7.11 Å². The number of nitrogens with two attached hydrogens (primary N) is 1. The van der Waals surface area contributed by atoms with Crippen molar-refractivity contribution in [3.05, 3.63) is 0 Å². The van der Waals surface area contributed by atoms with Gasteiger partial charge in [-0.2, -0.15) is 0 Å². The van der Waals surface area contributed by atoms with Crippen molar-refractivity contribution in [1.82, 2.24) is 0 Å². The molecule has 0 saturated carbocycles. The molecule has 0 aliphatic heterocycles. The van der Waals surface area contributed by atoms with Crippen LogP contribution in [0.1, 0.15) is 59.8 Å². The van der Waals surface area contributed by atoms with Crippen LogP contribution >= 0.6 is 0 Å². The average Bonchev–Trinajstić information content (AvgIpc) is 2.24. The zero-order valence-corrected chi connectivity index (χ0v) is 10.9. The van der Waals surface area contributed by atoms with Crippen molar-refractivity contribution >= 4 is 0 Å². The van der Waals surface area contributed by atoms with Crippen LogP contribution in [0.5, 0.6) is 0 Å². The average molecular weight is 205 g/mol. The number of unbranched alkanes of at least 4 members (excludes halogenated alkanes) is 4. The second-order valence-corrected chi connectivity index (χ2v) is 2.84. The number of methoxy groups -OCH3 is 1. The first-order valence-electron chi connectivity index (χ1n) is 6.02. The maximum Gasteiger partial charge on any atom is 0.0584 e.